The molecule has 0 aromatic carbocycles. The van der Waals surface area contributed by atoms with Gasteiger partial charge in [0.1, 0.15) is 6.26 Å². The third-order valence-corrected chi connectivity index (χ3v) is 3.03. The number of likely N-dealkylation sites (tertiary alicyclic amines) is 1. The summed E-state index contributed by atoms with van der Waals surface area (Å²) in [6.07, 6.45) is 6.30. The Morgan fingerprint density at radius 2 is 2.12 bits per heavy atom. The van der Waals surface area contributed by atoms with Crippen molar-refractivity contribution in [1.29, 1.82) is 0 Å². The van der Waals surface area contributed by atoms with E-state index >= 15 is 0 Å². The van der Waals surface area contributed by atoms with Gasteiger partial charge in [0, 0.05) is 25.7 Å². The lowest BCUT2D eigenvalue weighted by molar-refractivity contribution is -0.130. The van der Waals surface area contributed by atoms with Gasteiger partial charge in [0.05, 0.1) is 12.2 Å². The molecule has 1 saturated heterocycles. The maximum Gasteiger partial charge on any atom is 0.236 e. The average Bonchev–Trinajstić information content (AvgIpc) is 2.69. The Morgan fingerprint density at radius 1 is 1.35 bits per heavy atom. The van der Waals surface area contributed by atoms with E-state index in [0.29, 0.717) is 13.1 Å². The maximum absolute atomic E-state index is 11.9. The first-order valence-corrected chi connectivity index (χ1v) is 6.24. The first kappa shape index (κ1) is 12.1. The van der Waals surface area contributed by atoms with Crippen LogP contribution < -0.4 is 5.32 Å². The Balaban J connectivity index is 1.69. The zero-order chi connectivity index (χ0) is 11.9. The highest BCUT2D eigenvalue weighted by Gasteiger charge is 2.14. The number of hydrogen-bond acceptors (Lipinski definition) is 4. The van der Waals surface area contributed by atoms with Crippen molar-refractivity contribution in [3.8, 4) is 0 Å². The van der Waals surface area contributed by atoms with Crippen molar-refractivity contribution in [2.24, 2.45) is 0 Å². The second kappa shape index (κ2) is 6.39. The molecule has 0 spiro atoms. The van der Waals surface area contributed by atoms with E-state index in [9.17, 15) is 4.79 Å². The molecule has 94 valence electrons. The standard InChI is InChI=1S/C12H19N3O2/c16-12(15-6-3-1-2-4-7-15)10-13-9-11-5-8-17-14-11/h5,8,13H,1-4,6-7,9-10H2. The highest BCUT2D eigenvalue weighted by Crippen LogP contribution is 2.09. The summed E-state index contributed by atoms with van der Waals surface area (Å²) in [6, 6.07) is 1.80. The van der Waals surface area contributed by atoms with Crippen molar-refractivity contribution in [1.82, 2.24) is 15.4 Å². The van der Waals surface area contributed by atoms with Crippen LogP contribution in [0.3, 0.4) is 0 Å². The van der Waals surface area contributed by atoms with Crippen LogP contribution in [-0.4, -0.2) is 35.6 Å². The molecule has 0 unspecified atom stereocenters. The van der Waals surface area contributed by atoms with E-state index in [4.69, 9.17) is 4.52 Å². The van der Waals surface area contributed by atoms with Gasteiger partial charge in [0.2, 0.25) is 5.91 Å². The fourth-order valence-electron chi connectivity index (χ4n) is 2.06. The predicted molar refractivity (Wildman–Crippen MR) is 63.3 cm³/mol. The van der Waals surface area contributed by atoms with Crippen molar-refractivity contribution < 1.29 is 9.32 Å². The molecule has 0 atom stereocenters. The van der Waals surface area contributed by atoms with Gasteiger partial charge in [-0.1, -0.05) is 18.0 Å². The number of aromatic nitrogens is 1. The van der Waals surface area contributed by atoms with Crippen molar-refractivity contribution in [3.63, 3.8) is 0 Å². The van der Waals surface area contributed by atoms with Crippen LogP contribution in [0.15, 0.2) is 16.9 Å². The minimum absolute atomic E-state index is 0.190. The van der Waals surface area contributed by atoms with Crippen LogP contribution in [0.5, 0.6) is 0 Å². The minimum Gasteiger partial charge on any atom is -0.364 e. The second-order valence-electron chi connectivity index (χ2n) is 4.39. The lowest BCUT2D eigenvalue weighted by Gasteiger charge is -2.20. The SMILES string of the molecule is O=C(CNCc1ccon1)N1CCCCCC1. The number of nitrogens with zero attached hydrogens (tertiary/aromatic N) is 2. The van der Waals surface area contributed by atoms with Gasteiger partial charge in [-0.15, -0.1) is 0 Å². The third kappa shape index (κ3) is 3.85. The summed E-state index contributed by atoms with van der Waals surface area (Å²) in [5, 5.41) is 6.87. The second-order valence-corrected chi connectivity index (χ2v) is 4.39. The van der Waals surface area contributed by atoms with Crippen molar-refractivity contribution in [2.75, 3.05) is 19.6 Å². The molecule has 1 N–H and O–H groups in total. The normalized spacial score (nSPS) is 16.8. The van der Waals surface area contributed by atoms with Crippen molar-refractivity contribution in [3.05, 3.63) is 18.0 Å². The highest BCUT2D eigenvalue weighted by atomic mass is 16.5. The van der Waals surface area contributed by atoms with Crippen LogP contribution in [-0.2, 0) is 11.3 Å². The van der Waals surface area contributed by atoms with Gasteiger partial charge in [-0.2, -0.15) is 0 Å². The fourth-order valence-corrected chi connectivity index (χ4v) is 2.06. The molecule has 1 fully saturated rings. The topological polar surface area (TPSA) is 58.4 Å². The van der Waals surface area contributed by atoms with Crippen LogP contribution >= 0.6 is 0 Å². The largest absolute Gasteiger partial charge is 0.364 e. The van der Waals surface area contributed by atoms with Gasteiger partial charge in [-0.3, -0.25) is 4.79 Å². The predicted octanol–water partition coefficient (Wildman–Crippen LogP) is 1.17. The van der Waals surface area contributed by atoms with Crippen molar-refractivity contribution in [2.45, 2.75) is 32.2 Å². The lowest BCUT2D eigenvalue weighted by Crippen LogP contribution is -2.38. The summed E-state index contributed by atoms with van der Waals surface area (Å²) in [6.45, 7) is 2.78. The van der Waals surface area contributed by atoms with Gasteiger partial charge in [0.25, 0.3) is 0 Å². The number of hydrogen-bond donors (Lipinski definition) is 1. The quantitative estimate of drug-likeness (QED) is 0.854. The lowest BCUT2D eigenvalue weighted by atomic mass is 10.2. The molecule has 5 nitrogen and oxygen atoms in total. The van der Waals surface area contributed by atoms with Crippen LogP contribution in [0.25, 0.3) is 0 Å². The summed E-state index contributed by atoms with van der Waals surface area (Å²) >= 11 is 0. The molecule has 0 radical (unpaired) electrons. The zero-order valence-electron chi connectivity index (χ0n) is 10.0. The minimum atomic E-state index is 0.190. The Morgan fingerprint density at radius 3 is 2.76 bits per heavy atom. The van der Waals surface area contributed by atoms with Crippen LogP contribution in [0.2, 0.25) is 0 Å². The van der Waals surface area contributed by atoms with Gasteiger partial charge < -0.3 is 14.7 Å². The zero-order valence-corrected chi connectivity index (χ0v) is 10.0. The molecule has 5 heteroatoms. The molecular weight excluding hydrogens is 218 g/mol. The Kier molecular flexibility index (Phi) is 4.55. The summed E-state index contributed by atoms with van der Waals surface area (Å²) in [4.78, 5) is 13.9. The molecule has 0 saturated carbocycles. The maximum atomic E-state index is 11.9. The first-order chi connectivity index (χ1) is 8.36. The van der Waals surface area contributed by atoms with E-state index in [-0.39, 0.29) is 5.91 Å². The van der Waals surface area contributed by atoms with E-state index < -0.39 is 0 Å². The molecule has 1 amide bonds. The Labute approximate surface area is 101 Å². The molecule has 1 aliphatic rings. The molecule has 1 aromatic rings. The molecule has 2 rings (SSSR count). The smallest absolute Gasteiger partial charge is 0.236 e. The van der Waals surface area contributed by atoms with Gasteiger partial charge >= 0.3 is 0 Å². The van der Waals surface area contributed by atoms with Crippen LogP contribution in [0.4, 0.5) is 0 Å². The van der Waals surface area contributed by atoms with Crippen molar-refractivity contribution >= 4 is 5.91 Å². The summed E-state index contributed by atoms with van der Waals surface area (Å²) in [5.74, 6) is 0.190. The molecule has 1 aromatic heterocycles. The van der Waals surface area contributed by atoms with E-state index in [1.54, 1.807) is 6.07 Å². The summed E-state index contributed by atoms with van der Waals surface area (Å²) in [7, 11) is 0. The number of rotatable bonds is 4. The molecule has 0 bridgehead atoms. The van der Waals surface area contributed by atoms with Gasteiger partial charge in [-0.05, 0) is 12.8 Å². The number of carbonyl (C=O) groups is 1. The fraction of sp³-hybridized carbons (Fsp3) is 0.667. The molecule has 2 heterocycles. The monoisotopic (exact) mass is 237 g/mol. The van der Waals surface area contributed by atoms with Crippen LogP contribution in [0, 0.1) is 0 Å². The molecular formula is C12H19N3O2. The molecule has 0 aliphatic carbocycles. The van der Waals surface area contributed by atoms with Crippen LogP contribution in [0.1, 0.15) is 31.4 Å². The molecule has 1 aliphatic heterocycles. The number of carbonyl (C=O) groups excluding carboxylic acids is 1. The highest BCUT2D eigenvalue weighted by molar-refractivity contribution is 5.78. The number of nitrogens with one attached hydrogen (secondary N) is 1. The van der Waals surface area contributed by atoms with E-state index in [1.807, 2.05) is 4.90 Å². The van der Waals surface area contributed by atoms with Gasteiger partial charge in [0.15, 0.2) is 0 Å². The number of amides is 1. The summed E-state index contributed by atoms with van der Waals surface area (Å²) in [5.41, 5.74) is 0.827. The Hall–Kier alpha value is -1.36. The average molecular weight is 237 g/mol. The van der Waals surface area contributed by atoms with E-state index in [2.05, 4.69) is 10.5 Å². The third-order valence-electron chi connectivity index (χ3n) is 3.03. The summed E-state index contributed by atoms with van der Waals surface area (Å²) < 4.78 is 4.72. The van der Waals surface area contributed by atoms with E-state index in [0.717, 1.165) is 31.6 Å². The van der Waals surface area contributed by atoms with E-state index in [1.165, 1.54) is 19.1 Å². The first-order valence-electron chi connectivity index (χ1n) is 6.24. The Bertz CT molecular complexity index is 330. The van der Waals surface area contributed by atoms with Gasteiger partial charge in [-0.25, -0.2) is 0 Å². The molecule has 17 heavy (non-hydrogen) atoms.